The number of aliphatic hydroxyl groups excluding tert-OH is 1. The number of aliphatic hydroxyl groups is 1. The second kappa shape index (κ2) is 6.76. The van der Waals surface area contributed by atoms with Crippen LogP contribution in [0.2, 0.25) is 5.02 Å². The molecule has 1 atom stereocenters. The predicted molar refractivity (Wildman–Crippen MR) is 74.0 cm³/mol. The lowest BCUT2D eigenvalue weighted by atomic mass is 10.00. The second-order valence-corrected chi connectivity index (χ2v) is 5.23. The highest BCUT2D eigenvalue weighted by Crippen LogP contribution is 2.16. The lowest BCUT2D eigenvalue weighted by molar-refractivity contribution is 0.0916. The molecule has 0 aromatic heterocycles. The monoisotopic (exact) mass is 269 g/mol. The van der Waals surface area contributed by atoms with Crippen molar-refractivity contribution in [2.75, 3.05) is 6.61 Å². The number of amides is 1. The molecule has 0 saturated heterocycles. The number of halogens is 1. The molecule has 1 aromatic rings. The molecular weight excluding hydrogens is 250 g/mol. The molecule has 18 heavy (non-hydrogen) atoms. The Morgan fingerprint density at radius 3 is 2.61 bits per heavy atom. The second-order valence-electron chi connectivity index (χ2n) is 4.80. The van der Waals surface area contributed by atoms with Crippen molar-refractivity contribution in [3.05, 3.63) is 34.3 Å². The van der Waals surface area contributed by atoms with Gasteiger partial charge in [0, 0.05) is 23.2 Å². The maximum Gasteiger partial charge on any atom is 0.251 e. The lowest BCUT2D eigenvalue weighted by Crippen LogP contribution is -2.39. The lowest BCUT2D eigenvalue weighted by Gasteiger charge is -2.22. The molecule has 1 amide bonds. The highest BCUT2D eigenvalue weighted by atomic mass is 35.5. The standard InChI is InChI=1S/C14H20ClNO2/c1-9(2)13(6-7-17)16-14(18)12-5-4-11(15)8-10(12)3/h4-5,8-9,13,17H,6-7H2,1-3H3,(H,16,18). The van der Waals surface area contributed by atoms with Gasteiger partial charge in [-0.1, -0.05) is 25.4 Å². The molecule has 1 aromatic carbocycles. The van der Waals surface area contributed by atoms with Gasteiger partial charge in [-0.15, -0.1) is 0 Å². The van der Waals surface area contributed by atoms with E-state index in [1.165, 1.54) is 0 Å². The van der Waals surface area contributed by atoms with Gasteiger partial charge < -0.3 is 10.4 Å². The van der Waals surface area contributed by atoms with Gasteiger partial charge in [-0.05, 0) is 43.0 Å². The van der Waals surface area contributed by atoms with Gasteiger partial charge in [-0.3, -0.25) is 4.79 Å². The normalized spacial score (nSPS) is 12.6. The Morgan fingerprint density at radius 1 is 1.44 bits per heavy atom. The van der Waals surface area contributed by atoms with Crippen LogP contribution >= 0.6 is 11.6 Å². The van der Waals surface area contributed by atoms with Crippen molar-refractivity contribution in [2.24, 2.45) is 5.92 Å². The molecule has 1 unspecified atom stereocenters. The minimum Gasteiger partial charge on any atom is -0.396 e. The number of hydrogen-bond acceptors (Lipinski definition) is 2. The number of carbonyl (C=O) groups is 1. The molecule has 0 radical (unpaired) electrons. The Kier molecular flexibility index (Phi) is 5.63. The summed E-state index contributed by atoms with van der Waals surface area (Å²) in [6.07, 6.45) is 0.566. The van der Waals surface area contributed by atoms with Crippen molar-refractivity contribution < 1.29 is 9.90 Å². The topological polar surface area (TPSA) is 49.3 Å². The van der Waals surface area contributed by atoms with Crippen molar-refractivity contribution in [3.8, 4) is 0 Å². The molecule has 100 valence electrons. The van der Waals surface area contributed by atoms with Crippen LogP contribution in [0.25, 0.3) is 0 Å². The van der Waals surface area contributed by atoms with Gasteiger partial charge >= 0.3 is 0 Å². The van der Waals surface area contributed by atoms with Crippen LogP contribution in [-0.4, -0.2) is 23.7 Å². The first-order valence-electron chi connectivity index (χ1n) is 6.13. The van der Waals surface area contributed by atoms with Gasteiger partial charge in [0.05, 0.1) is 0 Å². The summed E-state index contributed by atoms with van der Waals surface area (Å²) < 4.78 is 0. The Hall–Kier alpha value is -1.06. The summed E-state index contributed by atoms with van der Waals surface area (Å²) in [6.45, 7) is 5.98. The largest absolute Gasteiger partial charge is 0.396 e. The highest BCUT2D eigenvalue weighted by Gasteiger charge is 2.17. The molecule has 2 N–H and O–H groups in total. The summed E-state index contributed by atoms with van der Waals surface area (Å²) in [4.78, 5) is 12.1. The van der Waals surface area contributed by atoms with E-state index in [4.69, 9.17) is 16.7 Å². The molecule has 0 fully saturated rings. The van der Waals surface area contributed by atoms with Crippen LogP contribution in [0.1, 0.15) is 36.2 Å². The fourth-order valence-corrected chi connectivity index (χ4v) is 2.07. The zero-order valence-corrected chi connectivity index (χ0v) is 11.8. The van der Waals surface area contributed by atoms with Crippen molar-refractivity contribution in [1.29, 1.82) is 0 Å². The third-order valence-electron chi connectivity index (χ3n) is 2.99. The minimum absolute atomic E-state index is 0.0161. The van der Waals surface area contributed by atoms with E-state index < -0.39 is 0 Å². The molecular formula is C14H20ClNO2. The molecule has 0 aliphatic rings. The Balaban J connectivity index is 2.80. The average molecular weight is 270 g/mol. The highest BCUT2D eigenvalue weighted by molar-refractivity contribution is 6.30. The maximum absolute atomic E-state index is 12.1. The number of aryl methyl sites for hydroxylation is 1. The molecule has 0 spiro atoms. The van der Waals surface area contributed by atoms with Gasteiger partial charge in [0.25, 0.3) is 5.91 Å². The maximum atomic E-state index is 12.1. The van der Waals surface area contributed by atoms with Crippen LogP contribution in [0.3, 0.4) is 0 Å². The number of rotatable bonds is 5. The quantitative estimate of drug-likeness (QED) is 0.864. The average Bonchev–Trinajstić information content (AvgIpc) is 2.27. The zero-order valence-electron chi connectivity index (χ0n) is 11.0. The van der Waals surface area contributed by atoms with Crippen LogP contribution in [0.4, 0.5) is 0 Å². The summed E-state index contributed by atoms with van der Waals surface area (Å²) in [6, 6.07) is 5.19. The summed E-state index contributed by atoms with van der Waals surface area (Å²) >= 11 is 5.86. The molecule has 0 saturated carbocycles. The Bertz CT molecular complexity index is 418. The van der Waals surface area contributed by atoms with Crippen LogP contribution in [0, 0.1) is 12.8 Å². The van der Waals surface area contributed by atoms with E-state index in [1.54, 1.807) is 18.2 Å². The number of benzene rings is 1. The summed E-state index contributed by atoms with van der Waals surface area (Å²) in [7, 11) is 0. The van der Waals surface area contributed by atoms with E-state index in [1.807, 2.05) is 20.8 Å². The fourth-order valence-electron chi connectivity index (χ4n) is 1.84. The van der Waals surface area contributed by atoms with Crippen LogP contribution in [-0.2, 0) is 0 Å². The first-order chi connectivity index (χ1) is 8.45. The number of carbonyl (C=O) groups excluding carboxylic acids is 1. The SMILES string of the molecule is Cc1cc(Cl)ccc1C(=O)NC(CCO)C(C)C. The molecule has 0 aliphatic heterocycles. The molecule has 1 rings (SSSR count). The van der Waals surface area contributed by atoms with Gasteiger partial charge in [0.1, 0.15) is 0 Å². The van der Waals surface area contributed by atoms with Crippen LogP contribution < -0.4 is 5.32 Å². The van der Waals surface area contributed by atoms with E-state index in [0.717, 1.165) is 5.56 Å². The number of hydrogen-bond donors (Lipinski definition) is 2. The minimum atomic E-state index is -0.115. The molecule has 0 bridgehead atoms. The van der Waals surface area contributed by atoms with Crippen LogP contribution in [0.5, 0.6) is 0 Å². The van der Waals surface area contributed by atoms with Crippen molar-refractivity contribution in [2.45, 2.75) is 33.2 Å². The third kappa shape index (κ3) is 4.00. The van der Waals surface area contributed by atoms with Crippen molar-refractivity contribution in [3.63, 3.8) is 0 Å². The molecule has 3 nitrogen and oxygen atoms in total. The van der Waals surface area contributed by atoms with E-state index >= 15 is 0 Å². The first-order valence-corrected chi connectivity index (χ1v) is 6.51. The van der Waals surface area contributed by atoms with Gasteiger partial charge in [-0.2, -0.15) is 0 Å². The fraction of sp³-hybridized carbons (Fsp3) is 0.500. The van der Waals surface area contributed by atoms with Crippen molar-refractivity contribution in [1.82, 2.24) is 5.32 Å². The van der Waals surface area contributed by atoms with Gasteiger partial charge in [0.2, 0.25) is 0 Å². The van der Waals surface area contributed by atoms with E-state index in [0.29, 0.717) is 17.0 Å². The third-order valence-corrected chi connectivity index (χ3v) is 3.23. The van der Waals surface area contributed by atoms with Gasteiger partial charge in [0.15, 0.2) is 0 Å². The molecule has 0 heterocycles. The van der Waals surface area contributed by atoms with Crippen molar-refractivity contribution >= 4 is 17.5 Å². The molecule has 4 heteroatoms. The predicted octanol–water partition coefficient (Wildman–Crippen LogP) is 2.79. The summed E-state index contributed by atoms with van der Waals surface area (Å²) in [5, 5.41) is 12.6. The van der Waals surface area contributed by atoms with Gasteiger partial charge in [-0.25, -0.2) is 0 Å². The summed E-state index contributed by atoms with van der Waals surface area (Å²) in [5.74, 6) is 0.171. The Morgan fingerprint density at radius 2 is 2.11 bits per heavy atom. The van der Waals surface area contributed by atoms with Crippen LogP contribution in [0.15, 0.2) is 18.2 Å². The summed E-state index contributed by atoms with van der Waals surface area (Å²) in [5.41, 5.74) is 1.48. The van der Waals surface area contributed by atoms with E-state index in [-0.39, 0.29) is 24.5 Å². The number of nitrogens with one attached hydrogen (secondary N) is 1. The van der Waals surface area contributed by atoms with E-state index in [9.17, 15) is 4.79 Å². The van der Waals surface area contributed by atoms with E-state index in [2.05, 4.69) is 5.32 Å². The molecule has 0 aliphatic carbocycles. The zero-order chi connectivity index (χ0) is 13.7. The smallest absolute Gasteiger partial charge is 0.251 e. The first kappa shape index (κ1) is 15.0. The Labute approximate surface area is 113 Å².